The van der Waals surface area contributed by atoms with Gasteiger partial charge in [-0.2, -0.15) is 0 Å². The smallest absolute Gasteiger partial charge is 0.394 e. The maximum absolute atomic E-state index is 11.7. The van der Waals surface area contributed by atoms with E-state index >= 15 is 0 Å². The quantitative estimate of drug-likeness (QED) is 0.550. The van der Waals surface area contributed by atoms with E-state index in [-0.39, 0.29) is 0 Å². The third-order valence-corrected chi connectivity index (χ3v) is 4.12. The lowest BCUT2D eigenvalue weighted by Crippen LogP contribution is -2.36. The van der Waals surface area contributed by atoms with Gasteiger partial charge in [0.2, 0.25) is 0 Å². The second-order valence-corrected chi connectivity index (χ2v) is 5.73. The van der Waals surface area contributed by atoms with Crippen molar-refractivity contribution in [2.75, 3.05) is 6.61 Å². The van der Waals surface area contributed by atoms with Gasteiger partial charge in [0, 0.05) is 12.3 Å². The van der Waals surface area contributed by atoms with Crippen LogP contribution in [0.25, 0.3) is 0 Å². The first-order chi connectivity index (χ1) is 9.41. The summed E-state index contributed by atoms with van der Waals surface area (Å²) in [6, 6.07) is 1.10. The van der Waals surface area contributed by atoms with Crippen molar-refractivity contribution >= 4 is 7.82 Å². The predicted octanol–water partition coefficient (Wildman–Crippen LogP) is -1.69. The zero-order valence-corrected chi connectivity index (χ0v) is 10.8. The van der Waals surface area contributed by atoms with Gasteiger partial charge in [0.05, 0.1) is 6.61 Å². The zero-order chi connectivity index (χ0) is 14.5. The number of hydrogen-bond donors (Lipinski definition) is 3. The number of phosphoric acid groups is 1. The number of hydrogen-bond acceptors (Lipinski definition) is 7. The van der Waals surface area contributed by atoms with Gasteiger partial charge in [0.1, 0.15) is 18.3 Å². The molecule has 2 saturated heterocycles. The Bertz CT molecular complexity index is 683. The molecule has 10 nitrogen and oxygen atoms in total. The first kappa shape index (κ1) is 13.7. The van der Waals surface area contributed by atoms with Gasteiger partial charge in [-0.1, -0.05) is 0 Å². The lowest BCUT2D eigenvalue weighted by molar-refractivity contribution is -0.0624. The Kier molecular flexibility index (Phi) is 3.16. The molecule has 0 amide bonds. The van der Waals surface area contributed by atoms with Crippen LogP contribution in [0.15, 0.2) is 21.9 Å². The SMILES string of the molecule is O=c1ccn([C@@H]2O[C@H](CO)[C@@H]3OP(=O)(O)O[C@@H]32)c(=O)[nH]1. The number of aliphatic hydroxyl groups excluding tert-OH is 1. The van der Waals surface area contributed by atoms with Crippen molar-refractivity contribution in [2.24, 2.45) is 0 Å². The molecule has 0 aromatic carbocycles. The molecule has 5 atom stereocenters. The maximum atomic E-state index is 11.7. The molecular weight excluding hydrogens is 295 g/mol. The highest BCUT2D eigenvalue weighted by Gasteiger charge is 2.57. The van der Waals surface area contributed by atoms with Crippen LogP contribution in [0.2, 0.25) is 0 Å². The molecule has 11 heteroatoms. The minimum absolute atomic E-state index is 0.473. The number of phosphoric ester groups is 1. The lowest BCUT2D eigenvalue weighted by atomic mass is 10.1. The van der Waals surface area contributed by atoms with Crippen LogP contribution < -0.4 is 11.2 Å². The summed E-state index contributed by atoms with van der Waals surface area (Å²) in [6.45, 7) is -0.473. The van der Waals surface area contributed by atoms with E-state index in [0.29, 0.717) is 0 Å². The standard InChI is InChI=1S/C9H11N2O8P/c12-3-4-6-7(19-20(15,16)18-6)8(17-4)11-2-1-5(13)10-9(11)14/h1-2,4,6-8,12H,3H2,(H,15,16)(H,10,13,14)/t4-,6+,7+,8-/m1/s1. The van der Waals surface area contributed by atoms with Crippen LogP contribution in [0.1, 0.15) is 6.23 Å². The van der Waals surface area contributed by atoms with Gasteiger partial charge in [-0.05, 0) is 0 Å². The van der Waals surface area contributed by atoms with Crippen LogP contribution >= 0.6 is 7.82 Å². The summed E-state index contributed by atoms with van der Waals surface area (Å²) < 4.78 is 27.5. The fourth-order valence-corrected chi connectivity index (χ4v) is 3.42. The second kappa shape index (κ2) is 4.62. The van der Waals surface area contributed by atoms with Gasteiger partial charge in [-0.3, -0.25) is 23.4 Å². The van der Waals surface area contributed by atoms with E-state index in [4.69, 9.17) is 13.8 Å². The molecule has 0 radical (unpaired) electrons. The van der Waals surface area contributed by atoms with E-state index in [9.17, 15) is 24.2 Å². The number of H-pyrrole nitrogens is 1. The van der Waals surface area contributed by atoms with Crippen molar-refractivity contribution in [2.45, 2.75) is 24.5 Å². The number of aliphatic hydroxyl groups is 1. The number of rotatable bonds is 2. The van der Waals surface area contributed by atoms with E-state index in [2.05, 4.69) is 0 Å². The lowest BCUT2D eigenvalue weighted by Gasteiger charge is -2.18. The van der Waals surface area contributed by atoms with E-state index < -0.39 is 50.2 Å². The molecule has 0 aliphatic carbocycles. The Labute approximate surface area is 111 Å². The number of nitrogens with one attached hydrogen (secondary N) is 1. The predicted molar refractivity (Wildman–Crippen MR) is 61.9 cm³/mol. The fourth-order valence-electron chi connectivity index (χ4n) is 2.28. The van der Waals surface area contributed by atoms with Crippen molar-refractivity contribution in [1.82, 2.24) is 9.55 Å². The molecule has 3 heterocycles. The number of aromatic amines is 1. The molecule has 1 unspecified atom stereocenters. The highest BCUT2D eigenvalue weighted by molar-refractivity contribution is 7.47. The maximum Gasteiger partial charge on any atom is 0.473 e. The Morgan fingerprint density at radius 1 is 1.35 bits per heavy atom. The molecule has 3 rings (SSSR count). The van der Waals surface area contributed by atoms with Gasteiger partial charge in [-0.25, -0.2) is 9.36 Å². The van der Waals surface area contributed by atoms with Crippen molar-refractivity contribution in [1.29, 1.82) is 0 Å². The number of nitrogens with zero attached hydrogens (tertiary/aromatic N) is 1. The highest BCUT2D eigenvalue weighted by Crippen LogP contribution is 2.58. The van der Waals surface area contributed by atoms with Crippen molar-refractivity contribution in [3.63, 3.8) is 0 Å². The monoisotopic (exact) mass is 306 g/mol. The summed E-state index contributed by atoms with van der Waals surface area (Å²) >= 11 is 0. The Morgan fingerprint density at radius 3 is 2.70 bits per heavy atom. The summed E-state index contributed by atoms with van der Waals surface area (Å²) in [4.78, 5) is 34.1. The number of ether oxygens (including phenoxy) is 1. The average Bonchev–Trinajstić information content (AvgIpc) is 2.83. The largest absolute Gasteiger partial charge is 0.473 e. The van der Waals surface area contributed by atoms with Crippen LogP contribution in [-0.2, 0) is 18.3 Å². The second-order valence-electron chi connectivity index (χ2n) is 4.37. The van der Waals surface area contributed by atoms with E-state index in [1.165, 1.54) is 6.20 Å². The van der Waals surface area contributed by atoms with Gasteiger partial charge in [0.15, 0.2) is 6.23 Å². The molecule has 0 saturated carbocycles. The van der Waals surface area contributed by atoms with E-state index in [1.807, 2.05) is 4.98 Å². The van der Waals surface area contributed by atoms with E-state index in [0.717, 1.165) is 10.6 Å². The normalized spacial score (nSPS) is 39.9. The van der Waals surface area contributed by atoms with Crippen LogP contribution in [0, 0.1) is 0 Å². The van der Waals surface area contributed by atoms with Gasteiger partial charge in [-0.15, -0.1) is 0 Å². The first-order valence-electron chi connectivity index (χ1n) is 5.69. The third-order valence-electron chi connectivity index (χ3n) is 3.10. The summed E-state index contributed by atoms with van der Waals surface area (Å²) in [6.07, 6.45) is -2.82. The van der Waals surface area contributed by atoms with Gasteiger partial charge < -0.3 is 14.7 Å². The van der Waals surface area contributed by atoms with Crippen LogP contribution in [0.5, 0.6) is 0 Å². The molecule has 0 spiro atoms. The number of aromatic nitrogens is 2. The molecule has 110 valence electrons. The van der Waals surface area contributed by atoms with Crippen molar-refractivity contribution < 1.29 is 28.3 Å². The molecule has 3 N–H and O–H groups in total. The Morgan fingerprint density at radius 2 is 2.05 bits per heavy atom. The zero-order valence-electron chi connectivity index (χ0n) is 9.91. The highest BCUT2D eigenvalue weighted by atomic mass is 31.2. The van der Waals surface area contributed by atoms with Crippen LogP contribution in [0.3, 0.4) is 0 Å². The summed E-state index contributed by atoms with van der Waals surface area (Å²) in [5, 5.41) is 9.18. The molecule has 2 aliphatic heterocycles. The summed E-state index contributed by atoms with van der Waals surface area (Å²) in [5.74, 6) is 0. The molecule has 20 heavy (non-hydrogen) atoms. The minimum atomic E-state index is -4.23. The molecule has 2 aliphatic rings. The minimum Gasteiger partial charge on any atom is -0.394 e. The van der Waals surface area contributed by atoms with Crippen molar-refractivity contribution in [3.8, 4) is 0 Å². The fraction of sp³-hybridized carbons (Fsp3) is 0.556. The molecular formula is C9H11N2O8P. The summed E-state index contributed by atoms with van der Waals surface area (Å²) in [7, 11) is -4.23. The average molecular weight is 306 g/mol. The topological polar surface area (TPSA) is 140 Å². The van der Waals surface area contributed by atoms with E-state index in [1.54, 1.807) is 0 Å². The Hall–Kier alpha value is -1.29. The van der Waals surface area contributed by atoms with Crippen LogP contribution in [-0.4, -0.2) is 44.5 Å². The van der Waals surface area contributed by atoms with Crippen molar-refractivity contribution in [3.05, 3.63) is 33.1 Å². The molecule has 1 aromatic heterocycles. The first-order valence-corrected chi connectivity index (χ1v) is 7.18. The number of fused-ring (bicyclic) bond motifs is 1. The summed E-state index contributed by atoms with van der Waals surface area (Å²) in [5.41, 5.74) is -1.35. The van der Waals surface area contributed by atoms with Gasteiger partial charge >= 0.3 is 13.5 Å². The Balaban J connectivity index is 2.00. The van der Waals surface area contributed by atoms with Gasteiger partial charge in [0.25, 0.3) is 5.56 Å². The molecule has 2 fully saturated rings. The van der Waals surface area contributed by atoms with Crippen LogP contribution in [0.4, 0.5) is 0 Å². The molecule has 0 bridgehead atoms. The molecule has 1 aromatic rings. The third kappa shape index (κ3) is 2.16.